The Morgan fingerprint density at radius 3 is 2.93 bits per heavy atom. The lowest BCUT2D eigenvalue weighted by atomic mass is 10.3. The fourth-order valence-corrected chi connectivity index (χ4v) is 1.13. The molecule has 0 fully saturated rings. The van der Waals surface area contributed by atoms with E-state index in [9.17, 15) is 4.79 Å². The van der Waals surface area contributed by atoms with Gasteiger partial charge in [0.15, 0.2) is 23.7 Å². The van der Waals surface area contributed by atoms with Crippen molar-refractivity contribution < 1.29 is 13.6 Å². The summed E-state index contributed by atoms with van der Waals surface area (Å²) in [5.41, 5.74) is 2.45. The summed E-state index contributed by atoms with van der Waals surface area (Å²) >= 11 is 0. The number of hydrazine groups is 1. The van der Waals surface area contributed by atoms with E-state index in [1.807, 2.05) is 5.43 Å². The standard InChI is InChI=1S/C8H8N4O3/c1-4-11-5(2-14-4)7-6(8(13)12-9)10-3-15-7/h2-3H,9H2,1H3,(H,12,13). The van der Waals surface area contributed by atoms with Crippen molar-refractivity contribution in [1.82, 2.24) is 15.4 Å². The van der Waals surface area contributed by atoms with Gasteiger partial charge < -0.3 is 8.83 Å². The number of nitrogens with zero attached hydrogens (tertiary/aromatic N) is 2. The van der Waals surface area contributed by atoms with Gasteiger partial charge >= 0.3 is 0 Å². The summed E-state index contributed by atoms with van der Waals surface area (Å²) in [6, 6.07) is 0. The van der Waals surface area contributed by atoms with Crippen molar-refractivity contribution >= 4 is 5.91 Å². The molecule has 2 rings (SSSR count). The number of carbonyl (C=O) groups excluding carboxylic acids is 1. The van der Waals surface area contributed by atoms with E-state index in [1.165, 1.54) is 6.26 Å². The van der Waals surface area contributed by atoms with Crippen LogP contribution in [0.2, 0.25) is 0 Å². The average molecular weight is 208 g/mol. The number of aromatic nitrogens is 2. The van der Waals surface area contributed by atoms with Gasteiger partial charge in [0.2, 0.25) is 0 Å². The van der Waals surface area contributed by atoms with Gasteiger partial charge in [-0.25, -0.2) is 15.8 Å². The molecule has 2 aromatic rings. The summed E-state index contributed by atoms with van der Waals surface area (Å²) in [6.07, 6.45) is 2.52. The minimum atomic E-state index is -0.542. The summed E-state index contributed by atoms with van der Waals surface area (Å²) in [5.74, 6) is 5.15. The van der Waals surface area contributed by atoms with Gasteiger partial charge in [-0.15, -0.1) is 0 Å². The van der Waals surface area contributed by atoms with Crippen molar-refractivity contribution in [2.24, 2.45) is 5.84 Å². The highest BCUT2D eigenvalue weighted by molar-refractivity contribution is 5.96. The van der Waals surface area contributed by atoms with Crippen LogP contribution in [0, 0.1) is 6.92 Å². The molecule has 1 amide bonds. The molecule has 0 aliphatic carbocycles. The lowest BCUT2D eigenvalue weighted by Crippen LogP contribution is -2.30. The van der Waals surface area contributed by atoms with Gasteiger partial charge in [0.1, 0.15) is 12.0 Å². The van der Waals surface area contributed by atoms with Crippen LogP contribution in [0.3, 0.4) is 0 Å². The first-order chi connectivity index (χ1) is 7.22. The van der Waals surface area contributed by atoms with Crippen LogP contribution in [0.5, 0.6) is 0 Å². The normalized spacial score (nSPS) is 10.3. The van der Waals surface area contributed by atoms with Gasteiger partial charge in [0.25, 0.3) is 5.91 Å². The smallest absolute Gasteiger partial charge is 0.287 e. The van der Waals surface area contributed by atoms with Crippen molar-refractivity contribution in [3.05, 3.63) is 24.2 Å². The lowest BCUT2D eigenvalue weighted by Gasteiger charge is -1.95. The number of carbonyl (C=O) groups is 1. The van der Waals surface area contributed by atoms with Gasteiger partial charge in [-0.1, -0.05) is 0 Å². The number of amides is 1. The number of oxazole rings is 2. The molecule has 2 aromatic heterocycles. The van der Waals surface area contributed by atoms with Crippen molar-refractivity contribution in [2.45, 2.75) is 6.92 Å². The number of nitrogens with one attached hydrogen (secondary N) is 1. The number of aryl methyl sites for hydroxylation is 1. The van der Waals surface area contributed by atoms with Gasteiger partial charge in [0, 0.05) is 6.92 Å². The molecule has 0 aliphatic rings. The highest BCUT2D eigenvalue weighted by atomic mass is 16.4. The zero-order chi connectivity index (χ0) is 10.8. The third kappa shape index (κ3) is 1.59. The Balaban J connectivity index is 2.45. The molecule has 7 heteroatoms. The fourth-order valence-electron chi connectivity index (χ4n) is 1.13. The fraction of sp³-hybridized carbons (Fsp3) is 0.125. The van der Waals surface area contributed by atoms with E-state index in [-0.39, 0.29) is 11.5 Å². The second-order valence-corrected chi connectivity index (χ2v) is 2.76. The molecule has 0 spiro atoms. The monoisotopic (exact) mass is 208 g/mol. The number of nitrogens with two attached hydrogens (primary N) is 1. The summed E-state index contributed by atoms with van der Waals surface area (Å²) in [7, 11) is 0. The highest BCUT2D eigenvalue weighted by Gasteiger charge is 2.19. The first-order valence-corrected chi connectivity index (χ1v) is 4.09. The minimum Gasteiger partial charge on any atom is -0.449 e. The maximum atomic E-state index is 11.3. The molecule has 0 unspecified atom stereocenters. The quantitative estimate of drug-likeness (QED) is 0.416. The van der Waals surface area contributed by atoms with Crippen molar-refractivity contribution in [2.75, 3.05) is 0 Å². The largest absolute Gasteiger partial charge is 0.449 e. The van der Waals surface area contributed by atoms with Crippen molar-refractivity contribution in [3.63, 3.8) is 0 Å². The average Bonchev–Trinajstić information content (AvgIpc) is 2.84. The molecule has 0 saturated carbocycles. The number of nitrogen functional groups attached to an aromatic ring is 1. The Labute approximate surface area is 84.3 Å². The van der Waals surface area contributed by atoms with E-state index in [2.05, 4.69) is 9.97 Å². The minimum absolute atomic E-state index is 0.0748. The van der Waals surface area contributed by atoms with E-state index >= 15 is 0 Å². The molecule has 0 bridgehead atoms. The van der Waals surface area contributed by atoms with Crippen LogP contribution in [-0.4, -0.2) is 15.9 Å². The zero-order valence-corrected chi connectivity index (χ0v) is 7.85. The Hall–Kier alpha value is -2.15. The molecule has 0 atom stereocenters. The third-order valence-electron chi connectivity index (χ3n) is 1.77. The van der Waals surface area contributed by atoms with Crippen LogP contribution < -0.4 is 11.3 Å². The molecule has 0 saturated heterocycles. The topological polar surface area (TPSA) is 107 Å². The predicted molar refractivity (Wildman–Crippen MR) is 48.4 cm³/mol. The molecule has 15 heavy (non-hydrogen) atoms. The Morgan fingerprint density at radius 1 is 1.53 bits per heavy atom. The van der Waals surface area contributed by atoms with E-state index in [0.29, 0.717) is 11.6 Å². The van der Waals surface area contributed by atoms with Gasteiger partial charge in [-0.2, -0.15) is 0 Å². The SMILES string of the molecule is Cc1nc(-c2ocnc2C(=O)NN)co1. The molecular formula is C8H8N4O3. The summed E-state index contributed by atoms with van der Waals surface area (Å²) in [4.78, 5) is 19.0. The molecule has 78 valence electrons. The van der Waals surface area contributed by atoms with E-state index in [1.54, 1.807) is 6.92 Å². The van der Waals surface area contributed by atoms with Gasteiger partial charge in [-0.05, 0) is 0 Å². The van der Waals surface area contributed by atoms with E-state index in [0.717, 1.165) is 6.39 Å². The van der Waals surface area contributed by atoms with Crippen LogP contribution >= 0.6 is 0 Å². The maximum Gasteiger partial charge on any atom is 0.287 e. The predicted octanol–water partition coefficient (Wildman–Crippen LogP) is 0.242. The molecule has 2 heterocycles. The Bertz CT molecular complexity index is 488. The Morgan fingerprint density at radius 2 is 2.33 bits per heavy atom. The summed E-state index contributed by atoms with van der Waals surface area (Å²) in [6.45, 7) is 1.68. The number of rotatable bonds is 2. The molecule has 0 aromatic carbocycles. The van der Waals surface area contributed by atoms with Crippen molar-refractivity contribution in [3.8, 4) is 11.5 Å². The van der Waals surface area contributed by atoms with Gasteiger partial charge in [-0.3, -0.25) is 10.2 Å². The second kappa shape index (κ2) is 3.54. The highest BCUT2D eigenvalue weighted by Crippen LogP contribution is 2.21. The third-order valence-corrected chi connectivity index (χ3v) is 1.77. The van der Waals surface area contributed by atoms with Crippen LogP contribution in [0.25, 0.3) is 11.5 Å². The maximum absolute atomic E-state index is 11.3. The van der Waals surface area contributed by atoms with Crippen LogP contribution in [-0.2, 0) is 0 Å². The molecular weight excluding hydrogens is 200 g/mol. The summed E-state index contributed by atoms with van der Waals surface area (Å²) in [5, 5.41) is 0. The summed E-state index contributed by atoms with van der Waals surface area (Å²) < 4.78 is 10.0. The molecule has 0 aliphatic heterocycles. The Kier molecular flexibility index (Phi) is 2.22. The zero-order valence-electron chi connectivity index (χ0n) is 7.85. The second-order valence-electron chi connectivity index (χ2n) is 2.76. The number of hydrogen-bond donors (Lipinski definition) is 2. The molecule has 7 nitrogen and oxygen atoms in total. The van der Waals surface area contributed by atoms with E-state index < -0.39 is 5.91 Å². The molecule has 0 radical (unpaired) electrons. The van der Waals surface area contributed by atoms with Gasteiger partial charge in [0.05, 0.1) is 0 Å². The van der Waals surface area contributed by atoms with Crippen molar-refractivity contribution in [1.29, 1.82) is 0 Å². The van der Waals surface area contributed by atoms with Crippen LogP contribution in [0.15, 0.2) is 21.5 Å². The first-order valence-electron chi connectivity index (χ1n) is 4.09. The van der Waals surface area contributed by atoms with Crippen LogP contribution in [0.1, 0.15) is 16.4 Å². The number of hydrogen-bond acceptors (Lipinski definition) is 6. The lowest BCUT2D eigenvalue weighted by molar-refractivity contribution is 0.0949. The van der Waals surface area contributed by atoms with E-state index in [4.69, 9.17) is 14.7 Å². The molecule has 3 N–H and O–H groups in total. The van der Waals surface area contributed by atoms with Crippen LogP contribution in [0.4, 0.5) is 0 Å². The first kappa shape index (κ1) is 9.41.